The molecule has 102 valence electrons. The summed E-state index contributed by atoms with van der Waals surface area (Å²) < 4.78 is 11.1. The van der Waals surface area contributed by atoms with E-state index in [2.05, 4.69) is 12.2 Å². The van der Waals surface area contributed by atoms with Gasteiger partial charge in [0.25, 0.3) is 0 Å². The lowest BCUT2D eigenvalue weighted by molar-refractivity contribution is -0.00703. The fourth-order valence-electron chi connectivity index (χ4n) is 2.23. The van der Waals surface area contributed by atoms with Crippen molar-refractivity contribution in [2.75, 3.05) is 19.8 Å². The van der Waals surface area contributed by atoms with Crippen LogP contribution in [0.4, 0.5) is 0 Å². The fourth-order valence-corrected chi connectivity index (χ4v) is 2.23. The molecule has 1 aliphatic rings. The Morgan fingerprint density at radius 3 is 2.29 bits per heavy atom. The van der Waals surface area contributed by atoms with Crippen molar-refractivity contribution in [2.45, 2.75) is 71.1 Å². The molecule has 1 N–H and O–H groups in total. The molecule has 0 heterocycles. The van der Waals surface area contributed by atoms with Crippen LogP contribution in [0.15, 0.2) is 0 Å². The first-order valence-electron chi connectivity index (χ1n) is 7.15. The summed E-state index contributed by atoms with van der Waals surface area (Å²) in [5.74, 6) is 0. The Labute approximate surface area is 106 Å². The molecule has 0 aromatic heterocycles. The maximum Gasteiger partial charge on any atom is 0.0704 e. The average Bonchev–Trinajstić information content (AvgIpc) is 2.33. The monoisotopic (exact) mass is 243 g/mol. The van der Waals surface area contributed by atoms with E-state index in [0.29, 0.717) is 19.3 Å². The van der Waals surface area contributed by atoms with Crippen LogP contribution >= 0.6 is 0 Å². The molecule has 1 aliphatic carbocycles. The summed E-state index contributed by atoms with van der Waals surface area (Å²) in [7, 11) is 0. The van der Waals surface area contributed by atoms with Crippen LogP contribution in [0.5, 0.6) is 0 Å². The first-order chi connectivity index (χ1) is 8.18. The molecule has 0 aromatic carbocycles. The average molecular weight is 243 g/mol. The van der Waals surface area contributed by atoms with Crippen LogP contribution in [0, 0.1) is 0 Å². The van der Waals surface area contributed by atoms with Crippen molar-refractivity contribution in [3.05, 3.63) is 0 Å². The van der Waals surface area contributed by atoms with E-state index in [0.717, 1.165) is 12.6 Å². The van der Waals surface area contributed by atoms with Crippen molar-refractivity contribution in [3.63, 3.8) is 0 Å². The fraction of sp³-hybridized carbons (Fsp3) is 1.00. The van der Waals surface area contributed by atoms with E-state index in [4.69, 9.17) is 9.47 Å². The van der Waals surface area contributed by atoms with E-state index < -0.39 is 0 Å². The van der Waals surface area contributed by atoms with Gasteiger partial charge >= 0.3 is 0 Å². The summed E-state index contributed by atoms with van der Waals surface area (Å²) in [4.78, 5) is 0. The third kappa shape index (κ3) is 7.74. The van der Waals surface area contributed by atoms with Gasteiger partial charge in [-0.1, -0.05) is 19.3 Å². The molecule has 0 radical (unpaired) electrons. The van der Waals surface area contributed by atoms with E-state index in [-0.39, 0.29) is 6.10 Å². The van der Waals surface area contributed by atoms with Gasteiger partial charge in [-0.15, -0.1) is 0 Å². The molecular weight excluding hydrogens is 214 g/mol. The Bertz CT molecular complexity index is 179. The molecule has 0 aliphatic heterocycles. The van der Waals surface area contributed by atoms with E-state index in [1.54, 1.807) is 0 Å². The lowest BCUT2D eigenvalue weighted by Gasteiger charge is -2.24. The van der Waals surface area contributed by atoms with Gasteiger partial charge in [0.15, 0.2) is 0 Å². The molecule has 1 rings (SSSR count). The highest BCUT2D eigenvalue weighted by molar-refractivity contribution is 4.72. The Balaban J connectivity index is 1.94. The third-order valence-corrected chi connectivity index (χ3v) is 3.24. The van der Waals surface area contributed by atoms with Crippen LogP contribution in [-0.4, -0.2) is 38.0 Å². The predicted molar refractivity (Wildman–Crippen MR) is 71.4 cm³/mol. The van der Waals surface area contributed by atoms with Crippen molar-refractivity contribution in [1.29, 1.82) is 0 Å². The topological polar surface area (TPSA) is 30.5 Å². The second-order valence-corrected chi connectivity index (χ2v) is 5.34. The number of nitrogens with one attached hydrogen (secondary N) is 1. The van der Waals surface area contributed by atoms with Crippen molar-refractivity contribution < 1.29 is 9.47 Å². The molecule has 1 unspecified atom stereocenters. The molecule has 17 heavy (non-hydrogen) atoms. The molecular formula is C14H29NO2. The summed E-state index contributed by atoms with van der Waals surface area (Å²) in [5, 5.41) is 3.61. The van der Waals surface area contributed by atoms with Crippen LogP contribution in [0.1, 0.15) is 52.9 Å². The summed E-state index contributed by atoms with van der Waals surface area (Å²) in [6.45, 7) is 8.59. The third-order valence-electron chi connectivity index (χ3n) is 3.24. The van der Waals surface area contributed by atoms with Crippen LogP contribution in [0.3, 0.4) is 0 Å². The van der Waals surface area contributed by atoms with Gasteiger partial charge in [-0.3, -0.25) is 0 Å². The minimum absolute atomic E-state index is 0.285. The minimum atomic E-state index is 0.285. The van der Waals surface area contributed by atoms with Gasteiger partial charge < -0.3 is 14.8 Å². The minimum Gasteiger partial charge on any atom is -0.376 e. The van der Waals surface area contributed by atoms with E-state index in [9.17, 15) is 0 Å². The lowest BCUT2D eigenvalue weighted by atomic mass is 9.95. The standard InChI is InChI=1S/C14H29NO2/c1-12(2)16-9-10-17-13(3)11-15-14-7-5-4-6-8-14/h12-15H,4-11H2,1-3H3. The van der Waals surface area contributed by atoms with Gasteiger partial charge in [-0.25, -0.2) is 0 Å². The van der Waals surface area contributed by atoms with Gasteiger partial charge in [0.2, 0.25) is 0 Å². The molecule has 0 saturated heterocycles. The molecule has 0 spiro atoms. The van der Waals surface area contributed by atoms with E-state index in [1.165, 1.54) is 32.1 Å². The Kier molecular flexibility index (Phi) is 7.82. The van der Waals surface area contributed by atoms with E-state index >= 15 is 0 Å². The first-order valence-corrected chi connectivity index (χ1v) is 7.15. The SMILES string of the molecule is CC(C)OCCOC(C)CNC1CCCCC1. The zero-order chi connectivity index (χ0) is 12.5. The maximum atomic E-state index is 5.70. The molecule has 0 bridgehead atoms. The van der Waals surface area contributed by atoms with Gasteiger partial charge in [0, 0.05) is 12.6 Å². The molecule has 3 heteroatoms. The Morgan fingerprint density at radius 2 is 1.65 bits per heavy atom. The molecule has 3 nitrogen and oxygen atoms in total. The highest BCUT2D eigenvalue weighted by atomic mass is 16.5. The zero-order valence-electron chi connectivity index (χ0n) is 11.7. The molecule has 1 atom stereocenters. The number of ether oxygens (including phenoxy) is 2. The Morgan fingerprint density at radius 1 is 1.00 bits per heavy atom. The van der Waals surface area contributed by atoms with Crippen LogP contribution in [0.25, 0.3) is 0 Å². The second-order valence-electron chi connectivity index (χ2n) is 5.34. The van der Waals surface area contributed by atoms with Gasteiger partial charge in [-0.2, -0.15) is 0 Å². The summed E-state index contributed by atoms with van der Waals surface area (Å²) >= 11 is 0. The summed E-state index contributed by atoms with van der Waals surface area (Å²) in [5.41, 5.74) is 0. The largest absolute Gasteiger partial charge is 0.376 e. The number of rotatable bonds is 8. The second kappa shape index (κ2) is 8.90. The van der Waals surface area contributed by atoms with Gasteiger partial charge in [0.05, 0.1) is 25.4 Å². The lowest BCUT2D eigenvalue weighted by Crippen LogP contribution is -2.37. The molecule has 1 saturated carbocycles. The van der Waals surface area contributed by atoms with Crippen LogP contribution in [-0.2, 0) is 9.47 Å². The summed E-state index contributed by atoms with van der Waals surface area (Å²) in [6, 6.07) is 0.724. The normalized spacial score (nSPS) is 19.8. The van der Waals surface area contributed by atoms with Gasteiger partial charge in [-0.05, 0) is 33.6 Å². The number of hydrogen-bond acceptors (Lipinski definition) is 3. The maximum absolute atomic E-state index is 5.70. The van der Waals surface area contributed by atoms with Crippen LogP contribution < -0.4 is 5.32 Å². The highest BCUT2D eigenvalue weighted by Crippen LogP contribution is 2.17. The first kappa shape index (κ1) is 14.9. The smallest absolute Gasteiger partial charge is 0.0704 e. The summed E-state index contributed by atoms with van der Waals surface area (Å²) in [6.07, 6.45) is 7.44. The quantitative estimate of drug-likeness (QED) is 0.665. The molecule has 1 fully saturated rings. The van der Waals surface area contributed by atoms with Gasteiger partial charge in [0.1, 0.15) is 0 Å². The molecule has 0 aromatic rings. The van der Waals surface area contributed by atoms with Crippen molar-refractivity contribution in [2.24, 2.45) is 0 Å². The zero-order valence-corrected chi connectivity index (χ0v) is 11.7. The predicted octanol–water partition coefficient (Wildman–Crippen LogP) is 2.74. The van der Waals surface area contributed by atoms with Crippen molar-refractivity contribution >= 4 is 0 Å². The molecule has 0 amide bonds. The number of hydrogen-bond donors (Lipinski definition) is 1. The Hall–Kier alpha value is -0.120. The van der Waals surface area contributed by atoms with Crippen molar-refractivity contribution in [3.8, 4) is 0 Å². The van der Waals surface area contributed by atoms with Crippen molar-refractivity contribution in [1.82, 2.24) is 5.32 Å². The highest BCUT2D eigenvalue weighted by Gasteiger charge is 2.13. The van der Waals surface area contributed by atoms with E-state index in [1.807, 2.05) is 13.8 Å². The van der Waals surface area contributed by atoms with Crippen LogP contribution in [0.2, 0.25) is 0 Å².